The number of hydrogen-bond donors (Lipinski definition) is 1. The van der Waals surface area contributed by atoms with E-state index in [2.05, 4.69) is 9.97 Å². The van der Waals surface area contributed by atoms with Crippen molar-refractivity contribution in [3.8, 4) is 11.3 Å². The lowest BCUT2D eigenvalue weighted by Crippen LogP contribution is -2.05. The highest BCUT2D eigenvalue weighted by Crippen LogP contribution is 2.30. The van der Waals surface area contributed by atoms with Gasteiger partial charge in [-0.15, -0.1) is 0 Å². The molecule has 104 valence electrons. The summed E-state index contributed by atoms with van der Waals surface area (Å²) in [5.41, 5.74) is -0.694. The van der Waals surface area contributed by atoms with E-state index in [1.54, 1.807) is 0 Å². The van der Waals surface area contributed by atoms with Crippen LogP contribution in [0.25, 0.3) is 11.3 Å². The average Bonchev–Trinajstić information content (AvgIpc) is 2.37. The summed E-state index contributed by atoms with van der Waals surface area (Å²) in [6.07, 6.45) is -4.44. The van der Waals surface area contributed by atoms with Gasteiger partial charge in [0.25, 0.3) is 0 Å². The van der Waals surface area contributed by atoms with Gasteiger partial charge in [-0.2, -0.15) is 13.2 Å². The zero-order chi connectivity index (χ0) is 14.9. The van der Waals surface area contributed by atoms with Crippen molar-refractivity contribution < 1.29 is 23.1 Å². The Labute approximate surface area is 115 Å². The largest absolute Gasteiger partial charge is 0.477 e. The standard InChI is InChI=1S/C12H6ClF3N2O2/c13-11-17-8(5-9(18-11)10(19)20)6-1-3-7(4-2-6)12(14,15)16/h1-5H,(H,19,20). The van der Waals surface area contributed by atoms with Crippen LogP contribution < -0.4 is 0 Å². The first-order valence-corrected chi connectivity index (χ1v) is 5.60. The predicted molar refractivity (Wildman–Crippen MR) is 64.4 cm³/mol. The molecular formula is C12H6ClF3N2O2. The summed E-state index contributed by atoms with van der Waals surface area (Å²) in [5.74, 6) is -1.30. The van der Waals surface area contributed by atoms with Gasteiger partial charge < -0.3 is 5.11 Å². The molecule has 0 aliphatic carbocycles. The third kappa shape index (κ3) is 3.05. The Morgan fingerprint density at radius 1 is 1.15 bits per heavy atom. The van der Waals surface area contributed by atoms with Crippen molar-refractivity contribution >= 4 is 17.6 Å². The van der Waals surface area contributed by atoms with Crippen molar-refractivity contribution in [2.45, 2.75) is 6.18 Å². The van der Waals surface area contributed by atoms with E-state index in [-0.39, 0.29) is 16.7 Å². The molecule has 1 heterocycles. The molecule has 1 aromatic heterocycles. The molecule has 2 aromatic rings. The molecule has 0 saturated carbocycles. The number of carboxylic acids is 1. The van der Waals surface area contributed by atoms with Crippen molar-refractivity contribution in [2.75, 3.05) is 0 Å². The fourth-order valence-corrected chi connectivity index (χ4v) is 1.69. The summed E-state index contributed by atoms with van der Waals surface area (Å²) < 4.78 is 37.3. The summed E-state index contributed by atoms with van der Waals surface area (Å²) in [7, 11) is 0. The molecule has 0 aliphatic rings. The van der Waals surface area contributed by atoms with Crippen molar-refractivity contribution in [1.82, 2.24) is 9.97 Å². The Morgan fingerprint density at radius 3 is 2.25 bits per heavy atom. The van der Waals surface area contributed by atoms with Crippen LogP contribution >= 0.6 is 11.6 Å². The van der Waals surface area contributed by atoms with Crippen LogP contribution in [0.5, 0.6) is 0 Å². The second-order valence-electron chi connectivity index (χ2n) is 3.79. The van der Waals surface area contributed by atoms with E-state index in [1.165, 1.54) is 12.1 Å². The predicted octanol–water partition coefficient (Wildman–Crippen LogP) is 3.51. The van der Waals surface area contributed by atoms with E-state index < -0.39 is 17.7 Å². The average molecular weight is 303 g/mol. The normalized spacial score (nSPS) is 11.4. The summed E-state index contributed by atoms with van der Waals surface area (Å²) in [4.78, 5) is 18.1. The molecule has 2 rings (SSSR count). The summed E-state index contributed by atoms with van der Waals surface area (Å²) in [5, 5.41) is 8.54. The van der Waals surface area contributed by atoms with Crippen molar-refractivity contribution in [2.24, 2.45) is 0 Å². The Balaban J connectivity index is 2.44. The summed E-state index contributed by atoms with van der Waals surface area (Å²) >= 11 is 5.58. The Bertz CT molecular complexity index is 657. The number of rotatable bonds is 2. The van der Waals surface area contributed by atoms with Gasteiger partial charge in [0.1, 0.15) is 0 Å². The second kappa shape index (κ2) is 5.09. The van der Waals surface area contributed by atoms with Gasteiger partial charge in [0, 0.05) is 5.56 Å². The first-order valence-electron chi connectivity index (χ1n) is 5.23. The van der Waals surface area contributed by atoms with Gasteiger partial charge in [-0.3, -0.25) is 0 Å². The molecule has 1 N–H and O–H groups in total. The fourth-order valence-electron chi connectivity index (χ4n) is 1.51. The van der Waals surface area contributed by atoms with Gasteiger partial charge in [0.15, 0.2) is 5.69 Å². The first-order chi connectivity index (χ1) is 9.27. The van der Waals surface area contributed by atoms with E-state index in [1.807, 2.05) is 0 Å². The molecule has 0 fully saturated rings. The molecular weight excluding hydrogens is 297 g/mol. The minimum atomic E-state index is -4.44. The third-order valence-corrected chi connectivity index (χ3v) is 2.59. The zero-order valence-electron chi connectivity index (χ0n) is 9.65. The highest BCUT2D eigenvalue weighted by molar-refractivity contribution is 6.28. The maximum atomic E-state index is 12.4. The quantitative estimate of drug-likeness (QED) is 0.862. The van der Waals surface area contributed by atoms with Crippen LogP contribution in [0.15, 0.2) is 30.3 Å². The third-order valence-electron chi connectivity index (χ3n) is 2.43. The van der Waals surface area contributed by atoms with Gasteiger partial charge in [-0.05, 0) is 29.8 Å². The maximum Gasteiger partial charge on any atom is 0.416 e. The number of aromatic carboxylic acids is 1. The smallest absolute Gasteiger partial charge is 0.416 e. The van der Waals surface area contributed by atoms with Crippen LogP contribution in [-0.2, 0) is 6.18 Å². The van der Waals surface area contributed by atoms with Gasteiger partial charge in [-0.1, -0.05) is 12.1 Å². The molecule has 8 heteroatoms. The summed E-state index contributed by atoms with van der Waals surface area (Å²) in [6, 6.07) is 5.27. The Hall–Kier alpha value is -2.15. The molecule has 20 heavy (non-hydrogen) atoms. The molecule has 0 spiro atoms. The van der Waals surface area contributed by atoms with E-state index in [0.717, 1.165) is 18.2 Å². The lowest BCUT2D eigenvalue weighted by atomic mass is 10.1. The molecule has 1 aromatic carbocycles. The number of nitrogens with zero attached hydrogens (tertiary/aromatic N) is 2. The van der Waals surface area contributed by atoms with E-state index in [4.69, 9.17) is 16.7 Å². The number of aromatic nitrogens is 2. The molecule has 0 atom stereocenters. The molecule has 0 bridgehead atoms. The number of benzene rings is 1. The molecule has 4 nitrogen and oxygen atoms in total. The van der Waals surface area contributed by atoms with Crippen LogP contribution in [0.3, 0.4) is 0 Å². The fraction of sp³-hybridized carbons (Fsp3) is 0.0833. The molecule has 0 aliphatic heterocycles. The second-order valence-corrected chi connectivity index (χ2v) is 4.13. The van der Waals surface area contributed by atoms with Crippen LogP contribution in [0.1, 0.15) is 16.1 Å². The van der Waals surface area contributed by atoms with Crippen LogP contribution in [-0.4, -0.2) is 21.0 Å². The topological polar surface area (TPSA) is 63.1 Å². The minimum absolute atomic E-state index is 0.135. The van der Waals surface area contributed by atoms with Gasteiger partial charge >= 0.3 is 12.1 Å². The number of alkyl halides is 3. The van der Waals surface area contributed by atoms with Crippen molar-refractivity contribution in [3.05, 3.63) is 46.9 Å². The SMILES string of the molecule is O=C(O)c1cc(-c2ccc(C(F)(F)F)cc2)nc(Cl)n1. The number of carboxylic acid groups (broad SMARTS) is 1. The lowest BCUT2D eigenvalue weighted by molar-refractivity contribution is -0.137. The zero-order valence-corrected chi connectivity index (χ0v) is 10.4. The van der Waals surface area contributed by atoms with Crippen LogP contribution in [0.2, 0.25) is 5.28 Å². The molecule has 0 radical (unpaired) electrons. The van der Waals surface area contributed by atoms with Crippen LogP contribution in [0, 0.1) is 0 Å². The van der Waals surface area contributed by atoms with E-state index >= 15 is 0 Å². The minimum Gasteiger partial charge on any atom is -0.477 e. The highest BCUT2D eigenvalue weighted by atomic mass is 35.5. The number of halogens is 4. The maximum absolute atomic E-state index is 12.4. The first kappa shape index (κ1) is 14.3. The molecule has 0 saturated heterocycles. The molecule has 0 unspecified atom stereocenters. The Morgan fingerprint density at radius 2 is 1.75 bits per heavy atom. The van der Waals surface area contributed by atoms with Crippen molar-refractivity contribution in [1.29, 1.82) is 0 Å². The number of carbonyl (C=O) groups is 1. The van der Waals surface area contributed by atoms with Gasteiger partial charge in [0.2, 0.25) is 5.28 Å². The monoisotopic (exact) mass is 302 g/mol. The number of hydrogen-bond acceptors (Lipinski definition) is 3. The van der Waals surface area contributed by atoms with Gasteiger partial charge in [0.05, 0.1) is 11.3 Å². The summed E-state index contributed by atoms with van der Waals surface area (Å²) in [6.45, 7) is 0. The molecule has 0 amide bonds. The lowest BCUT2D eigenvalue weighted by Gasteiger charge is -2.07. The highest BCUT2D eigenvalue weighted by Gasteiger charge is 2.30. The van der Waals surface area contributed by atoms with Crippen LogP contribution in [0.4, 0.5) is 13.2 Å². The van der Waals surface area contributed by atoms with Gasteiger partial charge in [-0.25, -0.2) is 14.8 Å². The van der Waals surface area contributed by atoms with Crippen molar-refractivity contribution in [3.63, 3.8) is 0 Å². The van der Waals surface area contributed by atoms with E-state index in [9.17, 15) is 18.0 Å². The Kier molecular flexibility index (Phi) is 3.63. The van der Waals surface area contributed by atoms with E-state index in [0.29, 0.717) is 5.56 Å².